The second-order valence-corrected chi connectivity index (χ2v) is 8.36. The van der Waals surface area contributed by atoms with Gasteiger partial charge in [-0.3, -0.25) is 14.3 Å². The van der Waals surface area contributed by atoms with Crippen LogP contribution in [0.25, 0.3) is 0 Å². The van der Waals surface area contributed by atoms with Gasteiger partial charge in [-0.05, 0) is 41.9 Å². The highest BCUT2D eigenvalue weighted by Crippen LogP contribution is 2.46. The van der Waals surface area contributed by atoms with E-state index in [1.807, 2.05) is 0 Å². The van der Waals surface area contributed by atoms with Gasteiger partial charge >= 0.3 is 24.5 Å². The lowest BCUT2D eigenvalue weighted by atomic mass is 10.1. The molecule has 1 unspecified atom stereocenters. The quantitative estimate of drug-likeness (QED) is 0.196. The van der Waals surface area contributed by atoms with Crippen molar-refractivity contribution in [3.63, 3.8) is 0 Å². The number of benzene rings is 1. The van der Waals surface area contributed by atoms with E-state index in [4.69, 9.17) is 21.1 Å². The minimum atomic E-state index is -5.49. The molecule has 38 heavy (non-hydrogen) atoms. The highest BCUT2D eigenvalue weighted by Gasteiger charge is 2.44. The summed E-state index contributed by atoms with van der Waals surface area (Å²) in [6, 6.07) is -0.274. The smallest absolute Gasteiger partial charge is 0.434 e. The predicted molar refractivity (Wildman–Crippen MR) is 118 cm³/mol. The van der Waals surface area contributed by atoms with E-state index >= 15 is 0 Å². The van der Waals surface area contributed by atoms with Crippen molar-refractivity contribution in [2.45, 2.75) is 45.1 Å². The molecule has 18 heteroatoms. The number of anilines is 2. The first-order valence-corrected chi connectivity index (χ1v) is 11.3. The van der Waals surface area contributed by atoms with E-state index in [-0.39, 0.29) is 23.6 Å². The minimum absolute atomic E-state index is 0.0459. The molecule has 0 N–H and O–H groups in total. The minimum Gasteiger partial charge on any atom is -0.463 e. The number of carbonyl (C=O) groups is 1. The Hall–Kier alpha value is -2.53. The molecule has 2 rings (SSSR count). The van der Waals surface area contributed by atoms with Gasteiger partial charge < -0.3 is 9.47 Å². The first-order chi connectivity index (χ1) is 17.3. The molecule has 0 spiro atoms. The number of ether oxygens (including phenoxy) is 2. The average molecular weight is 649 g/mol. The maximum atomic E-state index is 13.7. The molecule has 0 aliphatic carbocycles. The lowest BCUT2D eigenvalue weighted by Gasteiger charge is -2.33. The topological polar surface area (TPSA) is 73.7 Å². The molecule has 212 valence electrons. The third-order valence-corrected chi connectivity index (χ3v) is 5.90. The molecular formula is C20H16BrClF9N3O4. The Balaban J connectivity index is 3.19. The Morgan fingerprint density at radius 2 is 1.66 bits per heavy atom. The van der Waals surface area contributed by atoms with E-state index in [0.717, 1.165) is 7.11 Å². The summed E-state index contributed by atoms with van der Waals surface area (Å²) in [5.41, 5.74) is -8.56. The number of methoxy groups -OCH3 is 1. The highest BCUT2D eigenvalue weighted by molar-refractivity contribution is 9.10. The van der Waals surface area contributed by atoms with Crippen LogP contribution in [0.4, 0.5) is 51.1 Å². The third-order valence-electron chi connectivity index (χ3n) is 4.79. The van der Waals surface area contributed by atoms with Gasteiger partial charge in [-0.25, -0.2) is 9.78 Å². The number of nitrogens with zero attached hydrogens (tertiary/aromatic N) is 3. The van der Waals surface area contributed by atoms with Gasteiger partial charge in [-0.1, -0.05) is 11.6 Å². The van der Waals surface area contributed by atoms with Crippen molar-refractivity contribution in [1.29, 1.82) is 0 Å². The SMILES string of the molecule is CCOC(=O)C(OC)N(c1cc(C(F)(F)F)cc(C(F)(F)F)c1Cl)c1nc(C(F)(F)F)c(Br)c(=O)n1CC. The Labute approximate surface area is 221 Å². The van der Waals surface area contributed by atoms with E-state index in [1.54, 1.807) is 0 Å². The molecule has 0 aliphatic rings. The van der Waals surface area contributed by atoms with Crippen molar-refractivity contribution < 1.29 is 53.8 Å². The van der Waals surface area contributed by atoms with Crippen molar-refractivity contribution in [1.82, 2.24) is 9.55 Å². The number of aromatic nitrogens is 2. The van der Waals surface area contributed by atoms with Crippen molar-refractivity contribution >= 4 is 45.1 Å². The highest BCUT2D eigenvalue weighted by atomic mass is 79.9. The van der Waals surface area contributed by atoms with Crippen LogP contribution >= 0.6 is 27.5 Å². The summed E-state index contributed by atoms with van der Waals surface area (Å²) in [4.78, 5) is 28.8. The van der Waals surface area contributed by atoms with Crippen LogP contribution in [0.5, 0.6) is 0 Å². The first-order valence-electron chi connectivity index (χ1n) is 10.1. The van der Waals surface area contributed by atoms with Crippen molar-refractivity contribution in [3.8, 4) is 0 Å². The van der Waals surface area contributed by atoms with Gasteiger partial charge in [-0.15, -0.1) is 0 Å². The molecule has 0 aliphatic heterocycles. The van der Waals surface area contributed by atoms with Gasteiger partial charge in [0.25, 0.3) is 5.56 Å². The normalized spacial score (nSPS) is 13.4. The maximum absolute atomic E-state index is 13.7. The summed E-state index contributed by atoms with van der Waals surface area (Å²) in [5.74, 6) is -2.66. The van der Waals surface area contributed by atoms with Crippen LogP contribution in [0, 0.1) is 0 Å². The monoisotopic (exact) mass is 647 g/mol. The third kappa shape index (κ3) is 6.36. The molecule has 0 radical (unpaired) electrons. The molecule has 2 aromatic rings. The molecule has 0 fully saturated rings. The molecule has 0 saturated heterocycles. The van der Waals surface area contributed by atoms with Crippen LogP contribution in [-0.4, -0.2) is 35.5 Å². The lowest BCUT2D eigenvalue weighted by Crippen LogP contribution is -2.45. The van der Waals surface area contributed by atoms with Crippen molar-refractivity contribution in [3.05, 3.63) is 48.8 Å². The number of carbonyl (C=O) groups excluding carboxylic acids is 1. The largest absolute Gasteiger partial charge is 0.463 e. The van der Waals surface area contributed by atoms with Crippen LogP contribution in [0.2, 0.25) is 5.02 Å². The van der Waals surface area contributed by atoms with E-state index in [1.165, 1.54) is 13.8 Å². The van der Waals surface area contributed by atoms with Gasteiger partial charge in [0.2, 0.25) is 12.2 Å². The number of hydrogen-bond donors (Lipinski definition) is 0. The van der Waals surface area contributed by atoms with E-state index in [2.05, 4.69) is 20.9 Å². The average Bonchev–Trinajstić information content (AvgIpc) is 2.77. The Morgan fingerprint density at radius 1 is 1.08 bits per heavy atom. The van der Waals surface area contributed by atoms with Crippen molar-refractivity contribution in [2.24, 2.45) is 0 Å². The molecule has 0 amide bonds. The van der Waals surface area contributed by atoms with Crippen LogP contribution in [0.1, 0.15) is 30.7 Å². The van der Waals surface area contributed by atoms with E-state index in [9.17, 15) is 49.1 Å². The predicted octanol–water partition coefficient (Wildman–Crippen LogP) is 6.41. The molecule has 1 aromatic carbocycles. The zero-order valence-corrected chi connectivity index (χ0v) is 21.6. The number of rotatable bonds is 7. The zero-order valence-electron chi connectivity index (χ0n) is 19.3. The van der Waals surface area contributed by atoms with Gasteiger partial charge in [0, 0.05) is 13.7 Å². The summed E-state index contributed by atoms with van der Waals surface area (Å²) in [5, 5.41) is -1.45. The summed E-state index contributed by atoms with van der Waals surface area (Å²) in [6.07, 6.45) is -18.6. The summed E-state index contributed by atoms with van der Waals surface area (Å²) in [6.45, 7) is 1.62. The Morgan fingerprint density at radius 3 is 2.08 bits per heavy atom. The zero-order chi connectivity index (χ0) is 29.4. The van der Waals surface area contributed by atoms with Crippen molar-refractivity contribution in [2.75, 3.05) is 18.6 Å². The fraction of sp³-hybridized carbons (Fsp3) is 0.450. The van der Waals surface area contributed by atoms with Crippen LogP contribution in [0.15, 0.2) is 21.4 Å². The molecule has 0 bridgehead atoms. The fourth-order valence-electron chi connectivity index (χ4n) is 3.19. The van der Waals surface area contributed by atoms with Crippen LogP contribution < -0.4 is 10.5 Å². The molecule has 1 heterocycles. The van der Waals surface area contributed by atoms with Crippen LogP contribution in [0.3, 0.4) is 0 Å². The number of hydrogen-bond acceptors (Lipinski definition) is 6. The molecular weight excluding hydrogens is 633 g/mol. The number of esters is 1. The summed E-state index contributed by atoms with van der Waals surface area (Å²) < 4.78 is 132. The molecule has 1 atom stereocenters. The van der Waals surface area contributed by atoms with Gasteiger partial charge in [0.05, 0.1) is 28.4 Å². The Bertz CT molecular complexity index is 1260. The molecule has 0 saturated carbocycles. The van der Waals surface area contributed by atoms with Crippen LogP contribution in [-0.2, 0) is 39.3 Å². The summed E-state index contributed by atoms with van der Waals surface area (Å²) >= 11 is 8.32. The molecule has 7 nitrogen and oxygen atoms in total. The maximum Gasteiger partial charge on any atom is 0.434 e. The summed E-state index contributed by atoms with van der Waals surface area (Å²) in [7, 11) is 0.763. The van der Waals surface area contributed by atoms with Gasteiger partial charge in [-0.2, -0.15) is 39.5 Å². The number of alkyl halides is 9. The standard InChI is InChI=1S/C20H16BrClF9N3O4/c1-4-33-14(35)11(21)13(20(29,30)31)32-17(33)34(15(37-3)16(36)38-5-2)10-7-8(18(23,24)25)6-9(12(10)22)19(26,27)28/h6-7,15H,4-5H2,1-3H3. The second kappa shape index (κ2) is 11.3. The second-order valence-electron chi connectivity index (χ2n) is 7.18. The van der Waals surface area contributed by atoms with Gasteiger partial charge in [0.15, 0.2) is 5.69 Å². The number of halogens is 11. The molecule has 1 aromatic heterocycles. The Kier molecular flexibility index (Phi) is 9.42. The van der Waals surface area contributed by atoms with E-state index < -0.39 is 80.8 Å². The fourth-order valence-corrected chi connectivity index (χ4v) is 4.03. The van der Waals surface area contributed by atoms with E-state index in [0.29, 0.717) is 4.57 Å². The van der Waals surface area contributed by atoms with Gasteiger partial charge in [0.1, 0.15) is 4.47 Å². The first kappa shape index (κ1) is 31.7. The lowest BCUT2D eigenvalue weighted by molar-refractivity contribution is -0.154.